The number of para-hydroxylation sites is 2. The molecule has 0 unspecified atom stereocenters. The van der Waals surface area contributed by atoms with Gasteiger partial charge in [-0.2, -0.15) is 0 Å². The molecule has 0 aliphatic rings. The number of rotatable bonds is 8. The zero-order chi connectivity index (χ0) is 20.6. The SMILES string of the molecule is COCCOC(=O)c1cc(C(=O)c2ccccc2O)cnc1Nc1ccccc1. The molecule has 2 N–H and O–H groups in total. The molecule has 29 heavy (non-hydrogen) atoms. The van der Waals surface area contributed by atoms with Gasteiger partial charge in [-0.3, -0.25) is 4.79 Å². The Bertz CT molecular complexity index is 1010. The summed E-state index contributed by atoms with van der Waals surface area (Å²) >= 11 is 0. The van der Waals surface area contributed by atoms with Crippen molar-refractivity contribution in [1.82, 2.24) is 4.98 Å². The number of nitrogens with zero attached hydrogens (tertiary/aromatic N) is 1. The summed E-state index contributed by atoms with van der Waals surface area (Å²) in [5.41, 5.74) is 1.11. The molecule has 0 saturated heterocycles. The number of esters is 1. The Morgan fingerprint density at radius 2 is 1.72 bits per heavy atom. The highest BCUT2D eigenvalue weighted by atomic mass is 16.6. The molecular weight excluding hydrogens is 372 g/mol. The summed E-state index contributed by atoms with van der Waals surface area (Å²) in [6, 6.07) is 16.8. The van der Waals surface area contributed by atoms with Crippen molar-refractivity contribution in [2.45, 2.75) is 0 Å². The maximum absolute atomic E-state index is 12.8. The fourth-order valence-corrected chi connectivity index (χ4v) is 2.62. The molecule has 0 amide bonds. The molecule has 0 fully saturated rings. The highest BCUT2D eigenvalue weighted by Gasteiger charge is 2.20. The largest absolute Gasteiger partial charge is 0.507 e. The van der Waals surface area contributed by atoms with E-state index < -0.39 is 11.8 Å². The molecule has 0 radical (unpaired) electrons. The van der Waals surface area contributed by atoms with Crippen LogP contribution in [0.4, 0.5) is 11.5 Å². The fourth-order valence-electron chi connectivity index (χ4n) is 2.62. The topological polar surface area (TPSA) is 97.8 Å². The van der Waals surface area contributed by atoms with Crippen molar-refractivity contribution in [3.63, 3.8) is 0 Å². The third kappa shape index (κ3) is 4.97. The van der Waals surface area contributed by atoms with E-state index in [0.29, 0.717) is 0 Å². The van der Waals surface area contributed by atoms with Crippen LogP contribution in [0.15, 0.2) is 66.9 Å². The number of aromatic hydroxyl groups is 1. The number of nitrogens with one attached hydrogen (secondary N) is 1. The highest BCUT2D eigenvalue weighted by molar-refractivity contribution is 6.11. The van der Waals surface area contributed by atoms with Gasteiger partial charge in [-0.15, -0.1) is 0 Å². The second-order valence-corrected chi connectivity index (χ2v) is 6.09. The third-order valence-corrected chi connectivity index (χ3v) is 4.08. The standard InChI is InChI=1S/C22H20N2O5/c1-28-11-12-29-22(27)18-13-15(20(26)17-9-5-6-10-19(17)25)14-23-21(18)24-16-7-3-2-4-8-16/h2-10,13-14,25H,11-12H2,1H3,(H,23,24). The minimum absolute atomic E-state index is 0.0672. The molecule has 0 bridgehead atoms. The van der Waals surface area contributed by atoms with E-state index in [9.17, 15) is 14.7 Å². The molecule has 0 atom stereocenters. The van der Waals surface area contributed by atoms with Crippen LogP contribution in [0.1, 0.15) is 26.3 Å². The summed E-state index contributed by atoms with van der Waals surface area (Å²) in [6.45, 7) is 0.314. The summed E-state index contributed by atoms with van der Waals surface area (Å²) < 4.78 is 10.1. The number of ether oxygens (including phenoxy) is 2. The van der Waals surface area contributed by atoms with Crippen molar-refractivity contribution in [2.75, 3.05) is 25.6 Å². The van der Waals surface area contributed by atoms with Gasteiger partial charge in [0.05, 0.1) is 12.2 Å². The van der Waals surface area contributed by atoms with E-state index in [1.165, 1.54) is 31.5 Å². The number of carbonyl (C=O) groups excluding carboxylic acids is 2. The van der Waals surface area contributed by atoms with Crippen LogP contribution in [0.5, 0.6) is 5.75 Å². The van der Waals surface area contributed by atoms with Crippen molar-refractivity contribution >= 4 is 23.3 Å². The first-order chi connectivity index (χ1) is 14.1. The summed E-state index contributed by atoms with van der Waals surface area (Å²) in [5, 5.41) is 13.0. The van der Waals surface area contributed by atoms with E-state index in [4.69, 9.17) is 9.47 Å². The molecule has 3 aromatic rings. The van der Waals surface area contributed by atoms with Gasteiger partial charge in [0.15, 0.2) is 5.78 Å². The van der Waals surface area contributed by atoms with E-state index in [1.54, 1.807) is 12.1 Å². The number of ketones is 1. The first-order valence-corrected chi connectivity index (χ1v) is 8.91. The zero-order valence-corrected chi connectivity index (χ0v) is 15.8. The van der Waals surface area contributed by atoms with Crippen molar-refractivity contribution in [1.29, 1.82) is 0 Å². The third-order valence-electron chi connectivity index (χ3n) is 4.08. The van der Waals surface area contributed by atoms with E-state index in [-0.39, 0.29) is 41.5 Å². The van der Waals surface area contributed by atoms with Crippen LogP contribution in [-0.4, -0.2) is 42.2 Å². The van der Waals surface area contributed by atoms with Crippen LogP contribution in [0.25, 0.3) is 0 Å². The molecule has 148 valence electrons. The molecular formula is C22H20N2O5. The second kappa shape index (κ2) is 9.48. The van der Waals surface area contributed by atoms with E-state index in [1.807, 2.05) is 30.3 Å². The molecule has 0 aliphatic heterocycles. The van der Waals surface area contributed by atoms with Gasteiger partial charge in [0, 0.05) is 24.6 Å². The van der Waals surface area contributed by atoms with E-state index in [0.717, 1.165) is 5.69 Å². The number of hydrogen-bond donors (Lipinski definition) is 2. The number of carbonyl (C=O) groups is 2. The zero-order valence-electron chi connectivity index (χ0n) is 15.8. The number of methoxy groups -OCH3 is 1. The quantitative estimate of drug-likeness (QED) is 0.344. The molecule has 0 spiro atoms. The van der Waals surface area contributed by atoms with Gasteiger partial charge in [0.25, 0.3) is 0 Å². The van der Waals surface area contributed by atoms with Crippen molar-refractivity contribution in [2.24, 2.45) is 0 Å². The lowest BCUT2D eigenvalue weighted by atomic mass is 10.0. The van der Waals surface area contributed by atoms with Gasteiger partial charge in [-0.25, -0.2) is 9.78 Å². The van der Waals surface area contributed by atoms with Crippen molar-refractivity contribution in [3.05, 3.63) is 83.6 Å². The number of phenols is 1. The Morgan fingerprint density at radius 3 is 2.45 bits per heavy atom. The normalized spacial score (nSPS) is 10.4. The number of benzene rings is 2. The van der Waals surface area contributed by atoms with E-state index in [2.05, 4.69) is 10.3 Å². The second-order valence-electron chi connectivity index (χ2n) is 6.09. The summed E-state index contributed by atoms with van der Waals surface area (Å²) in [6.07, 6.45) is 1.35. The molecule has 7 nitrogen and oxygen atoms in total. The van der Waals surface area contributed by atoms with Crippen molar-refractivity contribution in [3.8, 4) is 5.75 Å². The van der Waals surface area contributed by atoms with Crippen LogP contribution in [0.3, 0.4) is 0 Å². The summed E-state index contributed by atoms with van der Waals surface area (Å²) in [5.74, 6) is -0.978. The van der Waals surface area contributed by atoms with Gasteiger partial charge in [-0.05, 0) is 30.3 Å². The number of hydrogen-bond acceptors (Lipinski definition) is 7. The highest BCUT2D eigenvalue weighted by Crippen LogP contribution is 2.24. The Hall–Kier alpha value is -3.71. The first-order valence-electron chi connectivity index (χ1n) is 8.91. The molecule has 3 rings (SSSR count). The Balaban J connectivity index is 1.95. The Labute approximate surface area is 167 Å². The average Bonchev–Trinajstić information content (AvgIpc) is 2.75. The smallest absolute Gasteiger partial charge is 0.342 e. The van der Waals surface area contributed by atoms with Crippen LogP contribution in [0.2, 0.25) is 0 Å². The number of pyridine rings is 1. The Kier molecular flexibility index (Phi) is 6.55. The number of anilines is 2. The first kappa shape index (κ1) is 20.0. The molecule has 1 heterocycles. The lowest BCUT2D eigenvalue weighted by Crippen LogP contribution is -2.14. The van der Waals surface area contributed by atoms with Crippen LogP contribution in [0, 0.1) is 0 Å². The predicted octanol–water partition coefficient (Wildman–Crippen LogP) is 3.57. The lowest BCUT2D eigenvalue weighted by Gasteiger charge is -2.12. The van der Waals surface area contributed by atoms with Gasteiger partial charge < -0.3 is 19.9 Å². The minimum Gasteiger partial charge on any atom is -0.507 e. The number of phenolic OH excluding ortho intramolecular Hbond substituents is 1. The average molecular weight is 392 g/mol. The van der Waals surface area contributed by atoms with Crippen LogP contribution in [-0.2, 0) is 9.47 Å². The predicted molar refractivity (Wildman–Crippen MR) is 108 cm³/mol. The van der Waals surface area contributed by atoms with Crippen LogP contribution < -0.4 is 5.32 Å². The molecule has 0 aliphatic carbocycles. The maximum atomic E-state index is 12.8. The van der Waals surface area contributed by atoms with Gasteiger partial charge >= 0.3 is 5.97 Å². The van der Waals surface area contributed by atoms with Gasteiger partial charge in [0.1, 0.15) is 23.7 Å². The molecule has 2 aromatic carbocycles. The molecule has 0 saturated carbocycles. The maximum Gasteiger partial charge on any atom is 0.342 e. The van der Waals surface area contributed by atoms with Crippen LogP contribution >= 0.6 is 0 Å². The van der Waals surface area contributed by atoms with Gasteiger partial charge in [0.2, 0.25) is 0 Å². The van der Waals surface area contributed by atoms with E-state index >= 15 is 0 Å². The minimum atomic E-state index is -0.639. The molecule has 1 aromatic heterocycles. The monoisotopic (exact) mass is 392 g/mol. The summed E-state index contributed by atoms with van der Waals surface area (Å²) in [7, 11) is 1.50. The lowest BCUT2D eigenvalue weighted by molar-refractivity contribution is 0.0389. The summed E-state index contributed by atoms with van der Waals surface area (Å²) in [4.78, 5) is 29.6. The molecule has 7 heteroatoms. The van der Waals surface area contributed by atoms with Crippen molar-refractivity contribution < 1.29 is 24.2 Å². The fraction of sp³-hybridized carbons (Fsp3) is 0.136. The van der Waals surface area contributed by atoms with Gasteiger partial charge in [-0.1, -0.05) is 30.3 Å². The number of aromatic nitrogens is 1. The Morgan fingerprint density at radius 1 is 1.00 bits per heavy atom.